The summed E-state index contributed by atoms with van der Waals surface area (Å²) < 4.78 is 6.89. The molecular formula is C26H31N3O3. The van der Waals surface area contributed by atoms with Gasteiger partial charge in [-0.2, -0.15) is 5.10 Å². The molecule has 168 valence electrons. The van der Waals surface area contributed by atoms with E-state index in [1.165, 1.54) is 10.2 Å². The molecule has 2 aromatic carbocycles. The van der Waals surface area contributed by atoms with E-state index < -0.39 is 5.60 Å². The average molecular weight is 434 g/mol. The average Bonchev–Trinajstić information content (AvgIpc) is 2.73. The van der Waals surface area contributed by atoms with Gasteiger partial charge in [0.2, 0.25) is 0 Å². The van der Waals surface area contributed by atoms with Gasteiger partial charge in [0.05, 0.1) is 17.3 Å². The van der Waals surface area contributed by atoms with Crippen LogP contribution in [0.15, 0.2) is 65.5 Å². The van der Waals surface area contributed by atoms with Crippen molar-refractivity contribution in [2.75, 3.05) is 14.1 Å². The van der Waals surface area contributed by atoms with Crippen LogP contribution in [0, 0.1) is 0 Å². The van der Waals surface area contributed by atoms with Gasteiger partial charge in [0.1, 0.15) is 5.60 Å². The van der Waals surface area contributed by atoms with Crippen LogP contribution in [0.25, 0.3) is 11.3 Å². The Morgan fingerprint density at radius 3 is 2.19 bits per heavy atom. The van der Waals surface area contributed by atoms with E-state index in [4.69, 9.17) is 4.74 Å². The van der Waals surface area contributed by atoms with Crippen LogP contribution in [0.3, 0.4) is 0 Å². The summed E-state index contributed by atoms with van der Waals surface area (Å²) in [5.74, 6) is -0.369. The molecule has 6 nitrogen and oxygen atoms in total. The van der Waals surface area contributed by atoms with E-state index in [-0.39, 0.29) is 17.6 Å². The molecule has 1 aromatic heterocycles. The lowest BCUT2D eigenvalue weighted by Crippen LogP contribution is -2.26. The molecular weight excluding hydrogens is 402 g/mol. The molecule has 32 heavy (non-hydrogen) atoms. The molecule has 0 N–H and O–H groups in total. The third-order valence-corrected chi connectivity index (χ3v) is 4.97. The minimum absolute atomic E-state index is 0.179. The molecule has 1 atom stereocenters. The maximum Gasteiger partial charge on any atom is 0.338 e. The van der Waals surface area contributed by atoms with E-state index in [1.807, 2.05) is 66.1 Å². The van der Waals surface area contributed by atoms with Gasteiger partial charge in [-0.3, -0.25) is 4.79 Å². The number of aromatic nitrogens is 2. The number of ether oxygens (including phenoxy) is 1. The Hall–Kier alpha value is -3.25. The smallest absolute Gasteiger partial charge is 0.338 e. The van der Waals surface area contributed by atoms with Crippen LogP contribution >= 0.6 is 0 Å². The van der Waals surface area contributed by atoms with E-state index in [1.54, 1.807) is 24.3 Å². The second kappa shape index (κ2) is 9.49. The number of nitrogens with zero attached hydrogens (tertiary/aromatic N) is 3. The predicted octanol–water partition coefficient (Wildman–Crippen LogP) is 4.54. The second-order valence-electron chi connectivity index (χ2n) is 9.24. The number of hydrogen-bond donors (Lipinski definition) is 0. The summed E-state index contributed by atoms with van der Waals surface area (Å²) in [5, 5.41) is 4.62. The topological polar surface area (TPSA) is 64.4 Å². The summed E-state index contributed by atoms with van der Waals surface area (Å²) in [7, 11) is 4.07. The highest BCUT2D eigenvalue weighted by Crippen LogP contribution is 2.21. The number of rotatable bonds is 6. The van der Waals surface area contributed by atoms with Gasteiger partial charge >= 0.3 is 5.97 Å². The lowest BCUT2D eigenvalue weighted by Gasteiger charge is -2.20. The predicted molar refractivity (Wildman–Crippen MR) is 127 cm³/mol. The Kier molecular flexibility index (Phi) is 6.94. The Labute approximate surface area is 189 Å². The summed E-state index contributed by atoms with van der Waals surface area (Å²) >= 11 is 0. The zero-order valence-electron chi connectivity index (χ0n) is 19.6. The summed E-state index contributed by atoms with van der Waals surface area (Å²) in [4.78, 5) is 26.9. The van der Waals surface area contributed by atoms with E-state index >= 15 is 0 Å². The molecule has 0 unspecified atom stereocenters. The van der Waals surface area contributed by atoms with Crippen molar-refractivity contribution >= 4 is 5.97 Å². The molecule has 0 spiro atoms. The van der Waals surface area contributed by atoms with Crippen molar-refractivity contribution in [3.8, 4) is 11.3 Å². The van der Waals surface area contributed by atoms with Crippen LogP contribution in [0.2, 0.25) is 0 Å². The maximum atomic E-state index is 12.5. The van der Waals surface area contributed by atoms with Crippen molar-refractivity contribution in [1.82, 2.24) is 14.7 Å². The molecule has 3 rings (SSSR count). The molecule has 0 fully saturated rings. The highest BCUT2D eigenvalue weighted by atomic mass is 16.6. The van der Waals surface area contributed by atoms with Gasteiger partial charge < -0.3 is 9.64 Å². The first-order valence-corrected chi connectivity index (χ1v) is 10.7. The molecule has 0 bridgehead atoms. The number of esters is 1. The molecule has 1 heterocycles. The third-order valence-electron chi connectivity index (χ3n) is 4.97. The summed E-state index contributed by atoms with van der Waals surface area (Å²) in [6.07, 6.45) is 0. The molecule has 0 saturated carbocycles. The van der Waals surface area contributed by atoms with Gasteiger partial charge in [-0.15, -0.1) is 0 Å². The molecule has 0 radical (unpaired) electrons. The fourth-order valence-corrected chi connectivity index (χ4v) is 3.38. The monoisotopic (exact) mass is 433 g/mol. The Morgan fingerprint density at radius 2 is 1.62 bits per heavy atom. The molecule has 0 aliphatic carbocycles. The largest absolute Gasteiger partial charge is 0.456 e. The van der Waals surface area contributed by atoms with Gasteiger partial charge in [0, 0.05) is 18.2 Å². The maximum absolute atomic E-state index is 12.5. The first-order chi connectivity index (χ1) is 15.0. The number of benzene rings is 2. The molecule has 0 aliphatic heterocycles. The molecule has 3 aromatic rings. The van der Waals surface area contributed by atoms with E-state index in [2.05, 4.69) is 22.1 Å². The standard InChI is InChI=1S/C26H31N3O3/c1-18(20-11-13-22(14-12-20)25(31)32-26(2,3)4)29-24(30)16-15-23(27-29)21-9-7-19(8-10-21)17-28(5)6/h7-16,18H,17H2,1-6H3/t18-/m0/s1. The lowest BCUT2D eigenvalue weighted by atomic mass is 10.1. The summed E-state index contributed by atoms with van der Waals surface area (Å²) in [6.45, 7) is 8.29. The number of carbonyl (C=O) groups excluding carboxylic acids is 1. The zero-order valence-corrected chi connectivity index (χ0v) is 19.6. The van der Waals surface area contributed by atoms with Gasteiger partial charge in [0.15, 0.2) is 0 Å². The first kappa shape index (κ1) is 23.4. The van der Waals surface area contributed by atoms with E-state index in [0.29, 0.717) is 5.56 Å². The normalized spacial score (nSPS) is 12.6. The van der Waals surface area contributed by atoms with Crippen LogP contribution in [0.1, 0.15) is 55.2 Å². The van der Waals surface area contributed by atoms with Gasteiger partial charge in [-0.25, -0.2) is 9.48 Å². The van der Waals surface area contributed by atoms with Crippen LogP contribution < -0.4 is 5.56 Å². The number of hydrogen-bond acceptors (Lipinski definition) is 5. The fraction of sp³-hybridized carbons (Fsp3) is 0.346. The van der Waals surface area contributed by atoms with Gasteiger partial charge in [-0.1, -0.05) is 36.4 Å². The van der Waals surface area contributed by atoms with Crippen molar-refractivity contribution in [2.45, 2.75) is 45.9 Å². The van der Waals surface area contributed by atoms with Crippen molar-refractivity contribution in [1.29, 1.82) is 0 Å². The fourth-order valence-electron chi connectivity index (χ4n) is 3.38. The SMILES string of the molecule is C[C@@H](c1ccc(C(=O)OC(C)(C)C)cc1)n1nc(-c2ccc(CN(C)C)cc2)ccc1=O. The molecule has 0 aliphatic rings. The van der Waals surface area contributed by atoms with Crippen molar-refractivity contribution in [2.24, 2.45) is 0 Å². The number of carbonyl (C=O) groups is 1. The van der Waals surface area contributed by atoms with Crippen LogP contribution in [0.5, 0.6) is 0 Å². The van der Waals surface area contributed by atoms with E-state index in [0.717, 1.165) is 23.4 Å². The Balaban J connectivity index is 1.83. The lowest BCUT2D eigenvalue weighted by molar-refractivity contribution is 0.00695. The summed E-state index contributed by atoms with van der Waals surface area (Å²) in [5.41, 5.74) is 3.53. The minimum atomic E-state index is -0.550. The highest BCUT2D eigenvalue weighted by Gasteiger charge is 2.19. The molecule has 0 saturated heterocycles. The Bertz CT molecular complexity index is 1120. The second-order valence-corrected chi connectivity index (χ2v) is 9.24. The summed E-state index contributed by atoms with van der Waals surface area (Å²) in [6, 6.07) is 18.3. The van der Waals surface area contributed by atoms with Crippen LogP contribution in [-0.2, 0) is 11.3 Å². The van der Waals surface area contributed by atoms with Crippen molar-refractivity contribution in [3.63, 3.8) is 0 Å². The molecule has 6 heteroatoms. The van der Waals surface area contributed by atoms with Crippen molar-refractivity contribution < 1.29 is 9.53 Å². The highest BCUT2D eigenvalue weighted by molar-refractivity contribution is 5.89. The molecule has 0 amide bonds. The zero-order chi connectivity index (χ0) is 23.5. The third kappa shape index (κ3) is 5.92. The van der Waals surface area contributed by atoms with Crippen LogP contribution in [0.4, 0.5) is 0 Å². The first-order valence-electron chi connectivity index (χ1n) is 10.7. The van der Waals surface area contributed by atoms with E-state index in [9.17, 15) is 9.59 Å². The van der Waals surface area contributed by atoms with Gasteiger partial charge in [0.25, 0.3) is 5.56 Å². The van der Waals surface area contributed by atoms with Gasteiger partial charge in [-0.05, 0) is 71.1 Å². The van der Waals surface area contributed by atoms with Crippen LogP contribution in [-0.4, -0.2) is 40.3 Å². The minimum Gasteiger partial charge on any atom is -0.456 e. The van der Waals surface area contributed by atoms with Crippen molar-refractivity contribution in [3.05, 3.63) is 87.7 Å². The Morgan fingerprint density at radius 1 is 1.00 bits per heavy atom. The quantitative estimate of drug-likeness (QED) is 0.534.